The van der Waals surface area contributed by atoms with E-state index in [1.807, 2.05) is 0 Å². The Labute approximate surface area is 116 Å². The number of nitro groups is 1. The second-order valence-electron chi connectivity index (χ2n) is 3.72. The van der Waals surface area contributed by atoms with Gasteiger partial charge >= 0.3 is 11.7 Å². The van der Waals surface area contributed by atoms with E-state index in [0.29, 0.717) is 6.42 Å². The molecule has 0 aliphatic rings. The zero-order chi connectivity index (χ0) is 14.6. The normalized spacial score (nSPS) is 11.9. The third kappa shape index (κ3) is 3.88. The fourth-order valence-corrected chi connectivity index (χ4v) is 1.73. The van der Waals surface area contributed by atoms with Crippen molar-refractivity contribution in [3.8, 4) is 5.75 Å². The number of ether oxygens (including phenoxy) is 1. The van der Waals surface area contributed by atoms with Gasteiger partial charge in [-0.3, -0.25) is 10.1 Å². The summed E-state index contributed by atoms with van der Waals surface area (Å²) >= 11 is 2.82. The van der Waals surface area contributed by atoms with Crippen molar-refractivity contribution in [3.05, 3.63) is 32.5 Å². The summed E-state index contributed by atoms with van der Waals surface area (Å²) in [6.45, 7) is 1.75. The van der Waals surface area contributed by atoms with Crippen LogP contribution in [-0.2, 0) is 4.79 Å². The van der Waals surface area contributed by atoms with E-state index in [4.69, 9.17) is 9.84 Å². The number of hydrogen-bond donors (Lipinski definition) is 1. The Morgan fingerprint density at radius 2 is 2.26 bits per heavy atom. The molecule has 0 radical (unpaired) electrons. The van der Waals surface area contributed by atoms with Gasteiger partial charge in [0.05, 0.1) is 9.40 Å². The smallest absolute Gasteiger partial charge is 0.344 e. The van der Waals surface area contributed by atoms with Crippen molar-refractivity contribution in [3.63, 3.8) is 0 Å². The largest absolute Gasteiger partial charge is 0.479 e. The molecule has 6 nitrogen and oxygen atoms in total. The molecule has 1 aromatic rings. The van der Waals surface area contributed by atoms with Crippen LogP contribution in [0.1, 0.15) is 19.8 Å². The Morgan fingerprint density at radius 1 is 1.63 bits per heavy atom. The van der Waals surface area contributed by atoms with Gasteiger partial charge in [-0.2, -0.15) is 0 Å². The van der Waals surface area contributed by atoms with Gasteiger partial charge in [-0.25, -0.2) is 9.18 Å². The molecule has 0 fully saturated rings. The first-order valence-corrected chi connectivity index (χ1v) is 6.19. The van der Waals surface area contributed by atoms with E-state index in [1.165, 1.54) is 0 Å². The second-order valence-corrected chi connectivity index (χ2v) is 4.58. The van der Waals surface area contributed by atoms with Crippen LogP contribution in [0.4, 0.5) is 10.1 Å². The Hall–Kier alpha value is -1.70. The van der Waals surface area contributed by atoms with Gasteiger partial charge in [-0.15, -0.1) is 0 Å². The fourth-order valence-electron chi connectivity index (χ4n) is 1.40. The molecule has 1 aromatic carbocycles. The molecule has 0 bridgehead atoms. The van der Waals surface area contributed by atoms with Crippen LogP contribution < -0.4 is 4.74 Å². The summed E-state index contributed by atoms with van der Waals surface area (Å²) in [5.41, 5.74) is -0.490. The van der Waals surface area contributed by atoms with E-state index in [-0.39, 0.29) is 10.9 Å². The van der Waals surface area contributed by atoms with Crippen LogP contribution in [0.2, 0.25) is 0 Å². The lowest BCUT2D eigenvalue weighted by atomic mass is 10.2. The molecule has 1 rings (SSSR count). The number of rotatable bonds is 6. The summed E-state index contributed by atoms with van der Waals surface area (Å²) in [5, 5.41) is 19.8. The minimum absolute atomic E-state index is 0.0890. The average molecular weight is 336 g/mol. The molecule has 8 heteroatoms. The Kier molecular flexibility index (Phi) is 5.22. The predicted octanol–water partition coefficient (Wildman–Crippen LogP) is 3.13. The summed E-state index contributed by atoms with van der Waals surface area (Å²) in [6, 6.07) is 1.74. The maximum Gasteiger partial charge on any atom is 0.344 e. The van der Waals surface area contributed by atoms with Crippen LogP contribution in [0, 0.1) is 15.9 Å². The van der Waals surface area contributed by atoms with Crippen LogP contribution in [0.15, 0.2) is 16.6 Å². The molecule has 1 unspecified atom stereocenters. The molecule has 0 saturated heterocycles. The van der Waals surface area contributed by atoms with E-state index in [1.54, 1.807) is 6.92 Å². The third-order valence-electron chi connectivity index (χ3n) is 2.29. The zero-order valence-electron chi connectivity index (χ0n) is 9.93. The first kappa shape index (κ1) is 15.4. The van der Waals surface area contributed by atoms with Crippen LogP contribution in [0.25, 0.3) is 0 Å². The van der Waals surface area contributed by atoms with Crippen molar-refractivity contribution in [2.24, 2.45) is 0 Å². The van der Waals surface area contributed by atoms with E-state index in [9.17, 15) is 19.3 Å². The van der Waals surface area contributed by atoms with Crippen LogP contribution in [0.3, 0.4) is 0 Å². The number of halogens is 2. The standard InChI is InChI=1S/C11H11BrFNO5/c1-2-3-9(11(15)16)19-10-5-7(13)6(12)4-8(10)14(17)18/h4-5,9H,2-3H2,1H3,(H,15,16). The maximum atomic E-state index is 13.4. The van der Waals surface area contributed by atoms with Crippen molar-refractivity contribution < 1.29 is 24.0 Å². The summed E-state index contributed by atoms with van der Waals surface area (Å²) < 4.78 is 18.3. The lowest BCUT2D eigenvalue weighted by molar-refractivity contribution is -0.386. The van der Waals surface area contributed by atoms with E-state index in [0.717, 1.165) is 12.1 Å². The average Bonchev–Trinajstić information content (AvgIpc) is 2.32. The van der Waals surface area contributed by atoms with Crippen LogP contribution in [-0.4, -0.2) is 22.1 Å². The topological polar surface area (TPSA) is 89.7 Å². The molecule has 0 aliphatic carbocycles. The monoisotopic (exact) mass is 335 g/mol. The number of hydrogen-bond acceptors (Lipinski definition) is 4. The number of benzene rings is 1. The molecule has 0 spiro atoms. The van der Waals surface area contributed by atoms with Gasteiger partial charge in [-0.1, -0.05) is 13.3 Å². The first-order chi connectivity index (χ1) is 8.86. The maximum absolute atomic E-state index is 13.4. The molecular weight excluding hydrogens is 325 g/mol. The number of aliphatic carboxylic acids is 1. The molecule has 0 aromatic heterocycles. The highest BCUT2D eigenvalue weighted by molar-refractivity contribution is 9.10. The summed E-state index contributed by atoms with van der Waals surface area (Å²) in [4.78, 5) is 21.0. The van der Waals surface area contributed by atoms with E-state index >= 15 is 0 Å². The lowest BCUT2D eigenvalue weighted by Crippen LogP contribution is -2.27. The summed E-state index contributed by atoms with van der Waals surface area (Å²) in [5.74, 6) is -2.41. The molecule has 1 N–H and O–H groups in total. The molecule has 104 valence electrons. The number of carboxylic acid groups (broad SMARTS) is 1. The highest BCUT2D eigenvalue weighted by atomic mass is 79.9. The molecule has 19 heavy (non-hydrogen) atoms. The van der Waals surface area contributed by atoms with Gasteiger partial charge in [0.25, 0.3) is 0 Å². The molecular formula is C11H11BrFNO5. The number of carboxylic acids is 1. The van der Waals surface area contributed by atoms with Gasteiger partial charge in [0.15, 0.2) is 6.10 Å². The van der Waals surface area contributed by atoms with Crippen molar-refractivity contribution >= 4 is 27.6 Å². The second kappa shape index (κ2) is 6.46. The zero-order valence-corrected chi connectivity index (χ0v) is 11.5. The third-order valence-corrected chi connectivity index (χ3v) is 2.90. The minimum Gasteiger partial charge on any atom is -0.479 e. The first-order valence-electron chi connectivity index (χ1n) is 5.39. The summed E-state index contributed by atoms with van der Waals surface area (Å²) in [6.07, 6.45) is -0.558. The Balaban J connectivity index is 3.14. The van der Waals surface area contributed by atoms with Gasteiger partial charge in [0.2, 0.25) is 5.75 Å². The van der Waals surface area contributed by atoms with Gasteiger partial charge in [0.1, 0.15) is 5.82 Å². The predicted molar refractivity (Wildman–Crippen MR) is 67.7 cm³/mol. The number of carbonyl (C=O) groups is 1. The fraction of sp³-hybridized carbons (Fsp3) is 0.364. The number of nitro benzene ring substituents is 1. The SMILES string of the molecule is CCCC(Oc1cc(F)c(Br)cc1[N+](=O)[O-])C(=O)O. The lowest BCUT2D eigenvalue weighted by Gasteiger charge is -2.14. The van der Waals surface area contributed by atoms with Crippen molar-refractivity contribution in [2.75, 3.05) is 0 Å². The highest BCUT2D eigenvalue weighted by Gasteiger charge is 2.25. The van der Waals surface area contributed by atoms with E-state index < -0.39 is 34.3 Å². The number of nitrogens with zero attached hydrogens (tertiary/aromatic N) is 1. The van der Waals surface area contributed by atoms with Gasteiger partial charge in [-0.05, 0) is 22.4 Å². The molecule has 0 heterocycles. The molecule has 1 atom stereocenters. The quantitative estimate of drug-likeness (QED) is 0.637. The Bertz CT molecular complexity index is 508. The van der Waals surface area contributed by atoms with Crippen LogP contribution >= 0.6 is 15.9 Å². The van der Waals surface area contributed by atoms with E-state index in [2.05, 4.69) is 15.9 Å². The summed E-state index contributed by atoms with van der Waals surface area (Å²) in [7, 11) is 0. The van der Waals surface area contributed by atoms with Crippen molar-refractivity contribution in [2.45, 2.75) is 25.9 Å². The minimum atomic E-state index is -1.25. The van der Waals surface area contributed by atoms with Gasteiger partial charge in [0, 0.05) is 12.1 Å². The highest BCUT2D eigenvalue weighted by Crippen LogP contribution is 2.33. The van der Waals surface area contributed by atoms with Crippen LogP contribution in [0.5, 0.6) is 5.75 Å². The van der Waals surface area contributed by atoms with Gasteiger partial charge < -0.3 is 9.84 Å². The molecule has 0 aliphatic heterocycles. The van der Waals surface area contributed by atoms with Crippen molar-refractivity contribution in [1.82, 2.24) is 0 Å². The molecule has 0 saturated carbocycles. The molecule has 0 amide bonds. The van der Waals surface area contributed by atoms with Crippen molar-refractivity contribution in [1.29, 1.82) is 0 Å². The Morgan fingerprint density at radius 3 is 2.74 bits per heavy atom.